The molecule has 0 aromatic carbocycles. The first-order valence-electron chi connectivity index (χ1n) is 6.62. The summed E-state index contributed by atoms with van der Waals surface area (Å²) in [5.74, 6) is 2.57. The van der Waals surface area contributed by atoms with E-state index < -0.39 is 0 Å². The van der Waals surface area contributed by atoms with Crippen molar-refractivity contribution in [3.8, 4) is 0 Å². The van der Waals surface area contributed by atoms with Gasteiger partial charge >= 0.3 is 0 Å². The van der Waals surface area contributed by atoms with E-state index in [1.54, 1.807) is 6.26 Å². The molecular weight excluding hydrogens is 212 g/mol. The zero-order valence-electron chi connectivity index (χ0n) is 11.0. The summed E-state index contributed by atoms with van der Waals surface area (Å²) in [5, 5.41) is 0. The van der Waals surface area contributed by atoms with Crippen molar-refractivity contribution < 1.29 is 4.42 Å². The quantitative estimate of drug-likeness (QED) is 0.853. The van der Waals surface area contributed by atoms with Crippen LogP contribution in [0.2, 0.25) is 0 Å². The molecule has 1 heterocycles. The molecule has 1 aromatic rings. The Kier molecular flexibility index (Phi) is 4.24. The van der Waals surface area contributed by atoms with Crippen LogP contribution in [0.15, 0.2) is 16.7 Å². The van der Waals surface area contributed by atoms with E-state index in [9.17, 15) is 0 Å². The molecule has 2 unspecified atom stereocenters. The summed E-state index contributed by atoms with van der Waals surface area (Å²) < 4.78 is 5.33. The number of nitrogens with two attached hydrogens (primary N) is 1. The maximum atomic E-state index is 5.83. The van der Waals surface area contributed by atoms with E-state index in [1.807, 2.05) is 6.92 Å². The van der Waals surface area contributed by atoms with Gasteiger partial charge in [-0.05, 0) is 51.3 Å². The number of furan rings is 1. The van der Waals surface area contributed by atoms with Crippen molar-refractivity contribution in [1.82, 2.24) is 4.90 Å². The molecule has 0 spiro atoms. The Balaban J connectivity index is 1.85. The van der Waals surface area contributed by atoms with E-state index in [2.05, 4.69) is 18.0 Å². The van der Waals surface area contributed by atoms with Gasteiger partial charge in [-0.2, -0.15) is 0 Å². The third-order valence-electron chi connectivity index (χ3n) is 4.07. The SMILES string of the molecule is Cc1occc1CN(C)CC1CCCC1CN. The highest BCUT2D eigenvalue weighted by Crippen LogP contribution is 2.31. The molecule has 2 atom stereocenters. The number of hydrogen-bond acceptors (Lipinski definition) is 3. The first-order valence-corrected chi connectivity index (χ1v) is 6.62. The molecule has 0 radical (unpaired) electrons. The van der Waals surface area contributed by atoms with Gasteiger partial charge in [0, 0.05) is 18.7 Å². The van der Waals surface area contributed by atoms with E-state index in [1.165, 1.54) is 24.8 Å². The zero-order valence-corrected chi connectivity index (χ0v) is 11.0. The molecule has 3 heteroatoms. The Morgan fingerprint density at radius 1 is 1.41 bits per heavy atom. The Morgan fingerprint density at radius 3 is 2.82 bits per heavy atom. The first kappa shape index (κ1) is 12.7. The van der Waals surface area contributed by atoms with Crippen LogP contribution in [0, 0.1) is 18.8 Å². The lowest BCUT2D eigenvalue weighted by molar-refractivity contribution is 0.236. The van der Waals surface area contributed by atoms with E-state index >= 15 is 0 Å². The average Bonchev–Trinajstić information content (AvgIpc) is 2.89. The predicted octanol–water partition coefficient (Wildman–Crippen LogP) is 2.39. The molecule has 1 aliphatic rings. The molecule has 0 aliphatic heterocycles. The van der Waals surface area contributed by atoms with Gasteiger partial charge in [0.05, 0.1) is 6.26 Å². The summed E-state index contributed by atoms with van der Waals surface area (Å²) in [5.41, 5.74) is 7.13. The Hall–Kier alpha value is -0.800. The van der Waals surface area contributed by atoms with Gasteiger partial charge in [0.1, 0.15) is 5.76 Å². The standard InChI is InChI=1S/C14H24N2O/c1-11-13(6-7-17-11)9-16(2)10-14-5-3-4-12(14)8-15/h6-7,12,14H,3-5,8-10,15H2,1-2H3. The van der Waals surface area contributed by atoms with Crippen LogP contribution in [0.1, 0.15) is 30.6 Å². The Bertz CT molecular complexity index is 348. The third kappa shape index (κ3) is 3.11. The molecule has 1 aromatic heterocycles. The van der Waals surface area contributed by atoms with Crippen LogP contribution in [-0.4, -0.2) is 25.0 Å². The lowest BCUT2D eigenvalue weighted by Crippen LogP contribution is -2.30. The number of rotatable bonds is 5. The number of hydrogen-bond donors (Lipinski definition) is 1. The fourth-order valence-corrected chi connectivity index (χ4v) is 3.00. The molecule has 3 nitrogen and oxygen atoms in total. The van der Waals surface area contributed by atoms with Gasteiger partial charge in [-0.1, -0.05) is 6.42 Å². The van der Waals surface area contributed by atoms with E-state index in [-0.39, 0.29) is 0 Å². The van der Waals surface area contributed by atoms with Crippen molar-refractivity contribution >= 4 is 0 Å². The second-order valence-electron chi connectivity index (χ2n) is 5.39. The Morgan fingerprint density at radius 2 is 2.18 bits per heavy atom. The van der Waals surface area contributed by atoms with Crippen LogP contribution >= 0.6 is 0 Å². The number of nitrogens with zero attached hydrogens (tertiary/aromatic N) is 1. The first-order chi connectivity index (χ1) is 8.20. The lowest BCUT2D eigenvalue weighted by Gasteiger charge is -2.24. The van der Waals surface area contributed by atoms with Crippen LogP contribution in [0.25, 0.3) is 0 Å². The summed E-state index contributed by atoms with van der Waals surface area (Å²) in [6.07, 6.45) is 5.79. The van der Waals surface area contributed by atoms with Crippen LogP contribution < -0.4 is 5.73 Å². The third-order valence-corrected chi connectivity index (χ3v) is 4.07. The van der Waals surface area contributed by atoms with E-state index in [4.69, 9.17) is 10.2 Å². The van der Waals surface area contributed by atoms with Gasteiger partial charge in [-0.3, -0.25) is 0 Å². The highest BCUT2D eigenvalue weighted by atomic mass is 16.3. The van der Waals surface area contributed by atoms with Crippen molar-refractivity contribution in [2.45, 2.75) is 32.7 Å². The largest absolute Gasteiger partial charge is 0.469 e. The monoisotopic (exact) mass is 236 g/mol. The van der Waals surface area contributed by atoms with E-state index in [0.29, 0.717) is 0 Å². The molecule has 96 valence electrons. The molecule has 0 saturated heterocycles. The van der Waals surface area contributed by atoms with Gasteiger partial charge in [-0.25, -0.2) is 0 Å². The van der Waals surface area contributed by atoms with Gasteiger partial charge in [0.15, 0.2) is 0 Å². The van der Waals surface area contributed by atoms with Crippen LogP contribution in [0.4, 0.5) is 0 Å². The van der Waals surface area contributed by atoms with Crippen LogP contribution in [-0.2, 0) is 6.54 Å². The molecule has 1 aliphatic carbocycles. The summed E-state index contributed by atoms with van der Waals surface area (Å²) in [7, 11) is 2.19. The fraction of sp³-hybridized carbons (Fsp3) is 0.714. The molecular formula is C14H24N2O. The van der Waals surface area contributed by atoms with Gasteiger partial charge < -0.3 is 15.1 Å². The van der Waals surface area contributed by atoms with Crippen molar-refractivity contribution in [3.05, 3.63) is 23.7 Å². The molecule has 2 rings (SSSR count). The van der Waals surface area contributed by atoms with Crippen molar-refractivity contribution in [2.75, 3.05) is 20.1 Å². The highest BCUT2D eigenvalue weighted by Gasteiger charge is 2.26. The van der Waals surface area contributed by atoms with Gasteiger partial charge in [0.2, 0.25) is 0 Å². The summed E-state index contributed by atoms with van der Waals surface area (Å²) in [6.45, 7) is 5.02. The smallest absolute Gasteiger partial charge is 0.105 e. The second kappa shape index (κ2) is 5.69. The van der Waals surface area contributed by atoms with E-state index in [0.717, 1.165) is 37.2 Å². The fourth-order valence-electron chi connectivity index (χ4n) is 3.00. The highest BCUT2D eigenvalue weighted by molar-refractivity contribution is 5.15. The maximum absolute atomic E-state index is 5.83. The molecule has 2 N–H and O–H groups in total. The molecule has 0 bridgehead atoms. The minimum atomic E-state index is 0.739. The molecule has 0 amide bonds. The zero-order chi connectivity index (χ0) is 12.3. The average molecular weight is 236 g/mol. The maximum Gasteiger partial charge on any atom is 0.105 e. The van der Waals surface area contributed by atoms with Gasteiger partial charge in [0.25, 0.3) is 0 Å². The second-order valence-corrected chi connectivity index (χ2v) is 5.39. The minimum absolute atomic E-state index is 0.739. The number of aryl methyl sites for hydroxylation is 1. The molecule has 17 heavy (non-hydrogen) atoms. The molecule has 1 saturated carbocycles. The topological polar surface area (TPSA) is 42.4 Å². The summed E-state index contributed by atoms with van der Waals surface area (Å²) in [6, 6.07) is 2.07. The lowest BCUT2D eigenvalue weighted by atomic mass is 9.95. The van der Waals surface area contributed by atoms with Crippen LogP contribution in [0.3, 0.4) is 0 Å². The van der Waals surface area contributed by atoms with Crippen molar-refractivity contribution in [1.29, 1.82) is 0 Å². The minimum Gasteiger partial charge on any atom is -0.469 e. The van der Waals surface area contributed by atoms with Crippen molar-refractivity contribution in [3.63, 3.8) is 0 Å². The Labute approximate surface area is 104 Å². The normalized spacial score (nSPS) is 24.7. The predicted molar refractivity (Wildman–Crippen MR) is 69.7 cm³/mol. The van der Waals surface area contributed by atoms with Crippen molar-refractivity contribution in [2.24, 2.45) is 17.6 Å². The summed E-state index contributed by atoms with van der Waals surface area (Å²) >= 11 is 0. The summed E-state index contributed by atoms with van der Waals surface area (Å²) in [4.78, 5) is 2.40. The van der Waals surface area contributed by atoms with Crippen LogP contribution in [0.5, 0.6) is 0 Å². The molecule has 1 fully saturated rings. The van der Waals surface area contributed by atoms with Gasteiger partial charge in [-0.15, -0.1) is 0 Å².